The summed E-state index contributed by atoms with van der Waals surface area (Å²) in [7, 11) is 0. The first-order valence-electron chi connectivity index (χ1n) is 10.0. The van der Waals surface area contributed by atoms with E-state index >= 15 is 0 Å². The fourth-order valence-electron chi connectivity index (χ4n) is 3.44. The van der Waals surface area contributed by atoms with Crippen molar-refractivity contribution in [2.45, 2.75) is 61.4 Å². The molecule has 2 aliphatic heterocycles. The van der Waals surface area contributed by atoms with Crippen LogP contribution in [-0.2, 0) is 14.2 Å². The van der Waals surface area contributed by atoms with E-state index in [0.717, 1.165) is 0 Å². The van der Waals surface area contributed by atoms with E-state index in [1.807, 2.05) is 0 Å². The van der Waals surface area contributed by atoms with Crippen molar-refractivity contribution >= 4 is 11.2 Å². The van der Waals surface area contributed by atoms with Gasteiger partial charge in [0.2, 0.25) is 0 Å². The van der Waals surface area contributed by atoms with Crippen LogP contribution in [0, 0.1) is 0 Å². The zero-order valence-electron chi connectivity index (χ0n) is 17.3. The second kappa shape index (κ2) is 11.0. The van der Waals surface area contributed by atoms with Crippen molar-refractivity contribution in [2.24, 2.45) is 0 Å². The van der Waals surface area contributed by atoms with Crippen molar-refractivity contribution < 1.29 is 55.1 Å². The minimum Gasteiger partial charge on any atom is -0.394 e. The number of H-pyrrole nitrogens is 3. The standard InChI is InChI=1S/C12H22O11.C5H4N4O2/c13-1-3-5(15)6(16)9(19)12(22-3)23-10-4(2-14)21-11(20)8(18)7(10)17;10-4-2-3(7-1-6-2)8-5(11)9-4/h3-20H,1-2H2;1H,(H3,6,7,8,9,10,11)/t3-,4-,5+,6+,7-,8-,9-,10-,11?,12+;/m1./s1. The Bertz CT molecular complexity index is 1040. The molecule has 1 unspecified atom stereocenters. The molecule has 17 nitrogen and oxygen atoms in total. The molecular weight excluding hydrogens is 468 g/mol. The number of rotatable bonds is 4. The number of imidazole rings is 1. The molecular formula is C17H26N4O13. The molecule has 2 fully saturated rings. The lowest BCUT2D eigenvalue weighted by Gasteiger charge is -2.45. The van der Waals surface area contributed by atoms with Crippen LogP contribution < -0.4 is 11.2 Å². The average molecular weight is 494 g/mol. The SMILES string of the molecule is O=c1[nH]c(=O)c2[nH]cnc2[nH]1.OC[C@H]1O[C@@H](O[C@H]2[C@H](O)[C@@H](O)C(O)O[C@@H]2CO)[C@H](O)[C@@H](O)[C@H]1O. The van der Waals surface area contributed by atoms with Gasteiger partial charge in [0.1, 0.15) is 54.3 Å². The minimum atomic E-state index is -1.74. The maximum Gasteiger partial charge on any atom is 0.327 e. The van der Waals surface area contributed by atoms with Crippen LogP contribution in [0.5, 0.6) is 0 Å². The predicted octanol–water partition coefficient (Wildman–Crippen LogP) is -6.46. The van der Waals surface area contributed by atoms with Crippen molar-refractivity contribution in [1.82, 2.24) is 19.9 Å². The van der Waals surface area contributed by atoms with Crippen molar-refractivity contribution in [3.8, 4) is 0 Å². The van der Waals surface area contributed by atoms with Crippen LogP contribution in [-0.4, -0.2) is 135 Å². The van der Waals surface area contributed by atoms with E-state index in [9.17, 15) is 45.3 Å². The zero-order valence-corrected chi connectivity index (χ0v) is 17.3. The van der Waals surface area contributed by atoms with Gasteiger partial charge in [-0.3, -0.25) is 14.8 Å². The summed E-state index contributed by atoms with van der Waals surface area (Å²) in [6, 6.07) is 0. The van der Waals surface area contributed by atoms with Gasteiger partial charge in [-0.2, -0.15) is 0 Å². The van der Waals surface area contributed by atoms with Crippen LogP contribution in [0.15, 0.2) is 15.9 Å². The van der Waals surface area contributed by atoms with E-state index in [4.69, 9.17) is 19.3 Å². The number of nitrogens with one attached hydrogen (secondary N) is 3. The summed E-state index contributed by atoms with van der Waals surface area (Å²) in [6.07, 6.45) is -14.2. The quantitative estimate of drug-likeness (QED) is 0.188. The summed E-state index contributed by atoms with van der Waals surface area (Å²) in [5, 5.41) is 76.5. The fraction of sp³-hybridized carbons (Fsp3) is 0.706. The molecule has 2 aromatic heterocycles. The van der Waals surface area contributed by atoms with Crippen LogP contribution in [0.4, 0.5) is 0 Å². The second-order valence-corrected chi connectivity index (χ2v) is 7.56. The van der Waals surface area contributed by atoms with Gasteiger partial charge in [0.25, 0.3) is 5.56 Å². The lowest BCUT2D eigenvalue weighted by atomic mass is 9.97. The summed E-state index contributed by atoms with van der Waals surface area (Å²) in [6.45, 7) is -1.35. The van der Waals surface area contributed by atoms with E-state index in [2.05, 4.69) is 19.9 Å². The van der Waals surface area contributed by atoms with E-state index in [-0.39, 0.29) is 11.2 Å². The molecule has 10 atom stereocenters. The molecule has 4 rings (SSSR count). The third kappa shape index (κ3) is 5.34. The Morgan fingerprint density at radius 3 is 2.18 bits per heavy atom. The maximum absolute atomic E-state index is 10.9. The number of ether oxygens (including phenoxy) is 3. The number of aliphatic hydroxyl groups is 8. The largest absolute Gasteiger partial charge is 0.394 e. The minimum absolute atomic E-state index is 0.277. The molecule has 192 valence electrons. The Labute approximate surface area is 188 Å². The molecule has 11 N–H and O–H groups in total. The number of aromatic amines is 3. The third-order valence-corrected chi connectivity index (χ3v) is 5.30. The molecule has 0 aliphatic carbocycles. The topological polar surface area (TPSA) is 284 Å². The molecule has 2 aliphatic rings. The van der Waals surface area contributed by atoms with Gasteiger partial charge in [-0.15, -0.1) is 0 Å². The first-order chi connectivity index (χ1) is 16.1. The molecule has 2 aromatic rings. The Hall–Kier alpha value is -2.29. The highest BCUT2D eigenvalue weighted by atomic mass is 16.7. The van der Waals surface area contributed by atoms with E-state index in [1.54, 1.807) is 0 Å². The lowest BCUT2D eigenvalue weighted by molar-refractivity contribution is -0.355. The number of nitrogens with zero attached hydrogens (tertiary/aromatic N) is 1. The summed E-state index contributed by atoms with van der Waals surface area (Å²) in [5.41, 5.74) is -0.445. The second-order valence-electron chi connectivity index (χ2n) is 7.56. The monoisotopic (exact) mass is 494 g/mol. The molecule has 34 heavy (non-hydrogen) atoms. The first-order valence-corrected chi connectivity index (χ1v) is 10.0. The lowest BCUT2D eigenvalue weighted by Crippen LogP contribution is -2.64. The Morgan fingerprint density at radius 1 is 0.853 bits per heavy atom. The molecule has 0 radical (unpaired) electrons. The molecule has 0 spiro atoms. The number of fused-ring (bicyclic) bond motifs is 1. The maximum atomic E-state index is 10.9. The highest BCUT2D eigenvalue weighted by Gasteiger charge is 2.50. The molecule has 0 aromatic carbocycles. The van der Waals surface area contributed by atoms with Crippen LogP contribution >= 0.6 is 0 Å². The van der Waals surface area contributed by atoms with Gasteiger partial charge in [0, 0.05) is 0 Å². The van der Waals surface area contributed by atoms with Crippen LogP contribution in [0.2, 0.25) is 0 Å². The van der Waals surface area contributed by atoms with Crippen LogP contribution in [0.25, 0.3) is 11.2 Å². The van der Waals surface area contributed by atoms with Crippen LogP contribution in [0.3, 0.4) is 0 Å². The van der Waals surface area contributed by atoms with Gasteiger partial charge in [-0.1, -0.05) is 0 Å². The number of aliphatic hydroxyl groups excluding tert-OH is 8. The fourth-order valence-corrected chi connectivity index (χ4v) is 3.44. The van der Waals surface area contributed by atoms with Gasteiger partial charge in [0.15, 0.2) is 18.2 Å². The predicted molar refractivity (Wildman–Crippen MR) is 106 cm³/mol. The van der Waals surface area contributed by atoms with Crippen molar-refractivity contribution in [3.05, 3.63) is 27.2 Å². The molecule has 4 heterocycles. The average Bonchev–Trinajstić information content (AvgIpc) is 3.28. The number of hydrogen-bond acceptors (Lipinski definition) is 14. The number of hydrogen-bond donors (Lipinski definition) is 11. The van der Waals surface area contributed by atoms with Crippen molar-refractivity contribution in [1.29, 1.82) is 0 Å². The van der Waals surface area contributed by atoms with Crippen LogP contribution in [0.1, 0.15) is 0 Å². The molecule has 2 saturated heterocycles. The Balaban J connectivity index is 0.000000243. The molecule has 0 amide bonds. The summed E-state index contributed by atoms with van der Waals surface area (Å²) >= 11 is 0. The summed E-state index contributed by atoms with van der Waals surface area (Å²) < 4.78 is 15.3. The van der Waals surface area contributed by atoms with E-state index in [0.29, 0.717) is 0 Å². The van der Waals surface area contributed by atoms with E-state index in [1.165, 1.54) is 6.33 Å². The van der Waals surface area contributed by atoms with E-state index < -0.39 is 85.9 Å². The normalized spacial score (nSPS) is 38.4. The summed E-state index contributed by atoms with van der Waals surface area (Å²) in [5.74, 6) is 0. The summed E-state index contributed by atoms with van der Waals surface area (Å²) in [4.78, 5) is 32.3. The number of aromatic nitrogens is 4. The third-order valence-electron chi connectivity index (χ3n) is 5.30. The Morgan fingerprint density at radius 2 is 1.53 bits per heavy atom. The van der Waals surface area contributed by atoms with Gasteiger partial charge in [-0.05, 0) is 0 Å². The molecule has 0 bridgehead atoms. The van der Waals surface area contributed by atoms with Crippen molar-refractivity contribution in [2.75, 3.05) is 13.2 Å². The first kappa shape index (κ1) is 26.3. The van der Waals surface area contributed by atoms with Gasteiger partial charge in [0.05, 0.1) is 19.5 Å². The highest BCUT2D eigenvalue weighted by molar-refractivity contribution is 5.67. The van der Waals surface area contributed by atoms with Gasteiger partial charge in [-0.25, -0.2) is 9.78 Å². The molecule has 0 saturated carbocycles. The Kier molecular flexibility index (Phi) is 8.49. The zero-order chi connectivity index (χ0) is 25.2. The smallest absolute Gasteiger partial charge is 0.327 e. The van der Waals surface area contributed by atoms with Gasteiger partial charge >= 0.3 is 5.69 Å². The van der Waals surface area contributed by atoms with Gasteiger partial charge < -0.3 is 60.0 Å². The molecule has 17 heteroatoms. The van der Waals surface area contributed by atoms with Crippen molar-refractivity contribution in [3.63, 3.8) is 0 Å². The highest BCUT2D eigenvalue weighted by Crippen LogP contribution is 2.28.